The molecule has 2 aromatic carbocycles. The molecule has 8 heteroatoms. The van der Waals surface area contributed by atoms with Gasteiger partial charge >= 0.3 is 0 Å². The Labute approximate surface area is 159 Å². The van der Waals surface area contributed by atoms with E-state index in [4.69, 9.17) is 11.6 Å². The number of piperazine rings is 1. The van der Waals surface area contributed by atoms with E-state index in [0.717, 1.165) is 12.1 Å². The Morgan fingerprint density at radius 2 is 1.56 bits per heavy atom. The number of rotatable bonds is 3. The number of amides is 2. The van der Waals surface area contributed by atoms with Gasteiger partial charge < -0.3 is 9.80 Å². The molecule has 0 radical (unpaired) electrons. The van der Waals surface area contributed by atoms with Crippen LogP contribution in [0.25, 0.3) is 0 Å². The molecule has 2 amide bonds. The van der Waals surface area contributed by atoms with Crippen LogP contribution in [-0.2, 0) is 11.2 Å². The monoisotopic (exact) mass is 396 g/mol. The van der Waals surface area contributed by atoms with Gasteiger partial charge in [-0.3, -0.25) is 9.59 Å². The van der Waals surface area contributed by atoms with Crippen molar-refractivity contribution in [1.29, 1.82) is 0 Å². The van der Waals surface area contributed by atoms with E-state index >= 15 is 0 Å². The lowest BCUT2D eigenvalue weighted by molar-refractivity contribution is -0.132. The molecule has 0 atom stereocenters. The Bertz CT molecular complexity index is 863. The summed E-state index contributed by atoms with van der Waals surface area (Å²) in [4.78, 5) is 27.8. The molecular weight excluding hydrogens is 381 g/mol. The predicted molar refractivity (Wildman–Crippen MR) is 94.0 cm³/mol. The van der Waals surface area contributed by atoms with Gasteiger partial charge in [-0.1, -0.05) is 17.7 Å². The van der Waals surface area contributed by atoms with Gasteiger partial charge in [0.1, 0.15) is 5.82 Å². The minimum atomic E-state index is -1.09. The van der Waals surface area contributed by atoms with Gasteiger partial charge in [-0.15, -0.1) is 0 Å². The lowest BCUT2D eigenvalue weighted by atomic mass is 10.1. The Hall–Kier alpha value is -2.54. The zero-order valence-electron chi connectivity index (χ0n) is 14.2. The second kappa shape index (κ2) is 8.00. The molecule has 0 unspecified atom stereocenters. The fraction of sp³-hybridized carbons (Fsp3) is 0.263. The molecule has 1 aliphatic rings. The molecule has 2 aromatic rings. The highest BCUT2D eigenvalue weighted by Gasteiger charge is 2.26. The summed E-state index contributed by atoms with van der Waals surface area (Å²) >= 11 is 5.95. The third kappa shape index (κ3) is 4.24. The standard InChI is InChI=1S/C19H16ClF3N2O2/c20-14-2-1-3-15(21)13(14)11-18(26)24-6-8-25(9-7-24)19(27)12-4-5-16(22)17(23)10-12/h1-5,10H,6-9,11H2. The summed E-state index contributed by atoms with van der Waals surface area (Å²) in [5, 5.41) is 0.190. The maximum absolute atomic E-state index is 13.8. The van der Waals surface area contributed by atoms with Crippen LogP contribution in [0.2, 0.25) is 5.02 Å². The third-order valence-electron chi connectivity index (χ3n) is 4.48. The fourth-order valence-electron chi connectivity index (χ4n) is 2.93. The first kappa shape index (κ1) is 19.2. The molecule has 1 fully saturated rings. The second-order valence-electron chi connectivity index (χ2n) is 6.18. The number of nitrogens with zero attached hydrogens (tertiary/aromatic N) is 2. The van der Waals surface area contributed by atoms with Crippen molar-refractivity contribution in [2.45, 2.75) is 6.42 Å². The van der Waals surface area contributed by atoms with Gasteiger partial charge in [0.15, 0.2) is 11.6 Å². The van der Waals surface area contributed by atoms with Crippen molar-refractivity contribution < 1.29 is 22.8 Å². The first-order valence-electron chi connectivity index (χ1n) is 8.32. The van der Waals surface area contributed by atoms with Gasteiger partial charge in [0.2, 0.25) is 5.91 Å². The summed E-state index contributed by atoms with van der Waals surface area (Å²) in [5.41, 5.74) is 0.191. The van der Waals surface area contributed by atoms with E-state index < -0.39 is 23.4 Å². The average Bonchev–Trinajstić information content (AvgIpc) is 2.66. The molecule has 4 nitrogen and oxygen atoms in total. The number of halogens is 4. The molecule has 0 aromatic heterocycles. The average molecular weight is 397 g/mol. The third-order valence-corrected chi connectivity index (χ3v) is 4.83. The summed E-state index contributed by atoms with van der Waals surface area (Å²) < 4.78 is 40.1. The minimum absolute atomic E-state index is 0.0480. The Balaban J connectivity index is 1.60. The molecular formula is C19H16ClF3N2O2. The molecule has 0 aliphatic carbocycles. The van der Waals surface area contributed by atoms with E-state index in [2.05, 4.69) is 0 Å². The van der Waals surface area contributed by atoms with Crippen LogP contribution in [0.5, 0.6) is 0 Å². The summed E-state index contributed by atoms with van der Waals surface area (Å²) in [6, 6.07) is 7.21. The molecule has 0 N–H and O–H groups in total. The van der Waals surface area contributed by atoms with Gasteiger partial charge in [-0.25, -0.2) is 13.2 Å². The molecule has 0 spiro atoms. The molecule has 0 saturated carbocycles. The lowest BCUT2D eigenvalue weighted by Gasteiger charge is -2.35. The van der Waals surface area contributed by atoms with E-state index in [1.54, 1.807) is 0 Å². The maximum atomic E-state index is 13.8. The summed E-state index contributed by atoms with van der Waals surface area (Å²) in [6.07, 6.45) is -0.164. The van der Waals surface area contributed by atoms with Gasteiger partial charge in [-0.05, 0) is 30.3 Å². The highest BCUT2D eigenvalue weighted by atomic mass is 35.5. The van der Waals surface area contributed by atoms with E-state index in [9.17, 15) is 22.8 Å². The van der Waals surface area contributed by atoms with Crippen molar-refractivity contribution in [3.05, 3.63) is 70.0 Å². The number of hydrogen-bond donors (Lipinski definition) is 0. The van der Waals surface area contributed by atoms with E-state index in [0.29, 0.717) is 0 Å². The van der Waals surface area contributed by atoms with E-state index in [-0.39, 0.29) is 54.7 Å². The number of hydrogen-bond acceptors (Lipinski definition) is 2. The Kier molecular flexibility index (Phi) is 5.70. The molecule has 0 bridgehead atoms. The van der Waals surface area contributed by atoms with Crippen molar-refractivity contribution in [3.8, 4) is 0 Å². The van der Waals surface area contributed by atoms with Gasteiger partial charge in [-0.2, -0.15) is 0 Å². The molecule has 1 heterocycles. The van der Waals surface area contributed by atoms with Crippen LogP contribution in [-0.4, -0.2) is 47.8 Å². The highest BCUT2D eigenvalue weighted by molar-refractivity contribution is 6.31. The molecule has 1 aliphatic heterocycles. The first-order chi connectivity index (χ1) is 12.9. The van der Waals surface area contributed by atoms with Crippen LogP contribution in [0.4, 0.5) is 13.2 Å². The van der Waals surface area contributed by atoms with Crippen LogP contribution in [0, 0.1) is 17.5 Å². The topological polar surface area (TPSA) is 40.6 Å². The predicted octanol–water partition coefficient (Wildman–Crippen LogP) is 3.28. The maximum Gasteiger partial charge on any atom is 0.254 e. The smallest absolute Gasteiger partial charge is 0.254 e. The Morgan fingerprint density at radius 1 is 0.889 bits per heavy atom. The fourth-order valence-corrected chi connectivity index (χ4v) is 3.16. The van der Waals surface area contributed by atoms with E-state index in [1.165, 1.54) is 34.1 Å². The van der Waals surface area contributed by atoms with Crippen LogP contribution in [0.15, 0.2) is 36.4 Å². The van der Waals surface area contributed by atoms with Crippen LogP contribution < -0.4 is 0 Å². The van der Waals surface area contributed by atoms with Crippen molar-refractivity contribution >= 4 is 23.4 Å². The normalized spacial score (nSPS) is 14.4. The first-order valence-corrected chi connectivity index (χ1v) is 8.69. The van der Waals surface area contributed by atoms with E-state index in [1.807, 2.05) is 0 Å². The summed E-state index contributed by atoms with van der Waals surface area (Å²) in [7, 11) is 0. The van der Waals surface area contributed by atoms with Crippen LogP contribution >= 0.6 is 11.6 Å². The summed E-state index contributed by atoms with van der Waals surface area (Å²) in [6.45, 7) is 1.02. The number of carbonyl (C=O) groups excluding carboxylic acids is 2. The van der Waals surface area contributed by atoms with Gasteiger partial charge in [0.05, 0.1) is 6.42 Å². The quantitative estimate of drug-likeness (QED) is 0.799. The molecule has 27 heavy (non-hydrogen) atoms. The van der Waals surface area contributed by atoms with Crippen molar-refractivity contribution in [1.82, 2.24) is 9.80 Å². The molecule has 142 valence electrons. The summed E-state index contributed by atoms with van der Waals surface area (Å²) in [5.74, 6) is -3.37. The number of benzene rings is 2. The second-order valence-corrected chi connectivity index (χ2v) is 6.59. The van der Waals surface area contributed by atoms with Crippen molar-refractivity contribution in [2.24, 2.45) is 0 Å². The molecule has 1 saturated heterocycles. The highest BCUT2D eigenvalue weighted by Crippen LogP contribution is 2.21. The lowest BCUT2D eigenvalue weighted by Crippen LogP contribution is -2.51. The minimum Gasteiger partial charge on any atom is -0.339 e. The van der Waals surface area contributed by atoms with Crippen LogP contribution in [0.1, 0.15) is 15.9 Å². The van der Waals surface area contributed by atoms with Gasteiger partial charge in [0, 0.05) is 42.3 Å². The molecule has 3 rings (SSSR count). The zero-order chi connectivity index (χ0) is 19.6. The van der Waals surface area contributed by atoms with Gasteiger partial charge in [0.25, 0.3) is 5.91 Å². The number of carbonyl (C=O) groups is 2. The zero-order valence-corrected chi connectivity index (χ0v) is 15.0. The largest absolute Gasteiger partial charge is 0.339 e. The van der Waals surface area contributed by atoms with Crippen LogP contribution in [0.3, 0.4) is 0 Å². The van der Waals surface area contributed by atoms with Crippen molar-refractivity contribution in [3.63, 3.8) is 0 Å². The van der Waals surface area contributed by atoms with Crippen molar-refractivity contribution in [2.75, 3.05) is 26.2 Å². The Morgan fingerprint density at radius 3 is 2.19 bits per heavy atom. The SMILES string of the molecule is O=C(Cc1c(F)cccc1Cl)N1CCN(C(=O)c2ccc(F)c(F)c2)CC1.